The summed E-state index contributed by atoms with van der Waals surface area (Å²) in [4.78, 5) is 22.5. The Kier molecular flexibility index (Phi) is 5.49. The zero-order valence-corrected chi connectivity index (χ0v) is 12.4. The molecule has 0 saturated carbocycles. The fourth-order valence-corrected chi connectivity index (χ4v) is 1.80. The number of benzene rings is 1. The molecule has 1 unspecified atom stereocenters. The number of aliphatic hydroxyl groups is 1. The lowest BCUT2D eigenvalue weighted by molar-refractivity contribution is -0.137. The second-order valence-electron chi connectivity index (χ2n) is 4.38. The quantitative estimate of drug-likeness (QED) is 0.505. The number of rotatable bonds is 5. The van der Waals surface area contributed by atoms with E-state index in [1.165, 1.54) is 27.2 Å². The van der Waals surface area contributed by atoms with E-state index in [1.807, 2.05) is 0 Å². The molecule has 0 aliphatic rings. The summed E-state index contributed by atoms with van der Waals surface area (Å²) in [5.41, 5.74) is 0.867. The van der Waals surface area contributed by atoms with Crippen molar-refractivity contribution >= 4 is 11.9 Å². The van der Waals surface area contributed by atoms with Crippen molar-refractivity contribution in [1.82, 2.24) is 0 Å². The molecule has 1 rings (SSSR count). The molecule has 0 aliphatic carbocycles. The Morgan fingerprint density at radius 2 is 1.90 bits per heavy atom. The van der Waals surface area contributed by atoms with Gasteiger partial charge in [-0.3, -0.25) is 4.79 Å². The molecule has 0 aromatic heterocycles. The van der Waals surface area contributed by atoms with Crippen LogP contribution in [0.1, 0.15) is 24.2 Å². The van der Waals surface area contributed by atoms with E-state index in [1.54, 1.807) is 13.0 Å². The summed E-state index contributed by atoms with van der Waals surface area (Å²) in [5.74, 6) is -0.645. The van der Waals surface area contributed by atoms with Crippen molar-refractivity contribution < 1.29 is 28.9 Å². The highest BCUT2D eigenvalue weighted by Gasteiger charge is 2.22. The van der Waals surface area contributed by atoms with Crippen LogP contribution in [0.5, 0.6) is 11.5 Å². The number of carbonyl (C=O) groups excluding carboxylic acids is 2. The minimum Gasteiger partial charge on any atom is -0.493 e. The van der Waals surface area contributed by atoms with Crippen molar-refractivity contribution in [2.75, 3.05) is 14.2 Å². The third-order valence-corrected chi connectivity index (χ3v) is 2.82. The van der Waals surface area contributed by atoms with E-state index in [4.69, 9.17) is 9.47 Å². The Morgan fingerprint density at radius 1 is 1.29 bits per heavy atom. The number of ether oxygens (including phenoxy) is 3. The van der Waals surface area contributed by atoms with E-state index in [-0.39, 0.29) is 17.1 Å². The molecule has 0 fully saturated rings. The molecular formula is C15H18O6. The first-order valence-corrected chi connectivity index (χ1v) is 6.14. The van der Waals surface area contributed by atoms with Gasteiger partial charge in [-0.15, -0.1) is 0 Å². The van der Waals surface area contributed by atoms with Crippen LogP contribution < -0.4 is 9.47 Å². The van der Waals surface area contributed by atoms with Gasteiger partial charge in [-0.25, -0.2) is 4.79 Å². The van der Waals surface area contributed by atoms with E-state index in [0.29, 0.717) is 11.1 Å². The van der Waals surface area contributed by atoms with Crippen LogP contribution in [0.3, 0.4) is 0 Å². The summed E-state index contributed by atoms with van der Waals surface area (Å²) in [5, 5.41) is 10.1. The number of aliphatic hydroxyl groups excluding tert-OH is 1. The normalized spacial score (nSPS) is 11.5. The molecule has 0 spiro atoms. The minimum absolute atomic E-state index is 0.0980. The molecular weight excluding hydrogens is 276 g/mol. The van der Waals surface area contributed by atoms with Crippen LogP contribution in [-0.2, 0) is 14.3 Å². The summed E-state index contributed by atoms with van der Waals surface area (Å²) in [6, 6.07) is 3.06. The first kappa shape index (κ1) is 16.7. The predicted molar refractivity (Wildman–Crippen MR) is 75.2 cm³/mol. The van der Waals surface area contributed by atoms with Gasteiger partial charge < -0.3 is 19.3 Å². The average molecular weight is 294 g/mol. The molecule has 21 heavy (non-hydrogen) atoms. The monoisotopic (exact) mass is 294 g/mol. The molecule has 1 N–H and O–H groups in total. The van der Waals surface area contributed by atoms with Crippen LogP contribution in [0.2, 0.25) is 0 Å². The van der Waals surface area contributed by atoms with Gasteiger partial charge in [0.05, 0.1) is 19.8 Å². The molecule has 0 heterocycles. The lowest BCUT2D eigenvalue weighted by atomic mass is 10.00. The first-order chi connectivity index (χ1) is 9.81. The third-order valence-electron chi connectivity index (χ3n) is 2.82. The van der Waals surface area contributed by atoms with Crippen molar-refractivity contribution in [2.45, 2.75) is 20.0 Å². The summed E-state index contributed by atoms with van der Waals surface area (Å²) in [6.45, 7) is 6.48. The maximum absolute atomic E-state index is 11.4. The third kappa shape index (κ3) is 3.82. The molecule has 6 heteroatoms. The second-order valence-corrected chi connectivity index (χ2v) is 4.38. The van der Waals surface area contributed by atoms with Gasteiger partial charge in [-0.2, -0.15) is 0 Å². The molecule has 1 aromatic carbocycles. The predicted octanol–water partition coefficient (Wildman–Crippen LogP) is 1.69. The molecule has 0 radical (unpaired) electrons. The molecule has 0 aliphatic heterocycles. The molecule has 1 atom stereocenters. The number of carbonyl (C=O) groups is 2. The van der Waals surface area contributed by atoms with Gasteiger partial charge in [0.15, 0.2) is 11.5 Å². The summed E-state index contributed by atoms with van der Waals surface area (Å²) < 4.78 is 14.7. The van der Waals surface area contributed by atoms with Crippen molar-refractivity contribution in [1.29, 1.82) is 0 Å². The second kappa shape index (κ2) is 6.90. The van der Waals surface area contributed by atoms with Gasteiger partial charge in [-0.05, 0) is 30.2 Å². The summed E-state index contributed by atoms with van der Waals surface area (Å²) in [7, 11) is 2.61. The van der Waals surface area contributed by atoms with Crippen LogP contribution in [0.15, 0.2) is 24.3 Å². The van der Waals surface area contributed by atoms with E-state index in [2.05, 4.69) is 11.3 Å². The van der Waals surface area contributed by atoms with Crippen molar-refractivity contribution in [3.8, 4) is 11.5 Å². The molecule has 0 saturated heterocycles. The fraction of sp³-hybridized carbons (Fsp3) is 0.333. The summed E-state index contributed by atoms with van der Waals surface area (Å²) in [6.07, 6.45) is -1.24. The van der Waals surface area contributed by atoms with Gasteiger partial charge in [-0.1, -0.05) is 6.58 Å². The Hall–Kier alpha value is -2.34. The van der Waals surface area contributed by atoms with E-state index in [9.17, 15) is 14.7 Å². The Labute approximate surface area is 122 Å². The van der Waals surface area contributed by atoms with Crippen LogP contribution in [0.25, 0.3) is 0 Å². The fourth-order valence-electron chi connectivity index (χ4n) is 1.80. The zero-order chi connectivity index (χ0) is 16.2. The molecule has 114 valence electrons. The van der Waals surface area contributed by atoms with Crippen molar-refractivity contribution in [3.63, 3.8) is 0 Å². The molecule has 0 amide bonds. The number of hydrogen-bond acceptors (Lipinski definition) is 6. The largest absolute Gasteiger partial charge is 0.493 e. The number of methoxy groups -OCH3 is 2. The average Bonchev–Trinajstić information content (AvgIpc) is 2.46. The Morgan fingerprint density at radius 3 is 2.38 bits per heavy atom. The maximum Gasteiger partial charge on any atom is 0.336 e. The van der Waals surface area contributed by atoms with Gasteiger partial charge in [0.2, 0.25) is 0 Å². The smallest absolute Gasteiger partial charge is 0.336 e. The Bertz CT molecular complexity index is 576. The van der Waals surface area contributed by atoms with Crippen LogP contribution in [0.4, 0.5) is 0 Å². The standard InChI is InChI=1S/C15H18O6/c1-8-6-11(13(17)9(2)15(18)20-5)7-12(19-4)14(8)21-10(3)16/h6-7,13,17H,2H2,1,3-5H3. The van der Waals surface area contributed by atoms with Crippen molar-refractivity contribution in [2.24, 2.45) is 0 Å². The molecule has 6 nitrogen and oxygen atoms in total. The van der Waals surface area contributed by atoms with Gasteiger partial charge >= 0.3 is 11.9 Å². The first-order valence-electron chi connectivity index (χ1n) is 6.14. The maximum atomic E-state index is 11.4. The molecule has 0 bridgehead atoms. The van der Waals surface area contributed by atoms with E-state index in [0.717, 1.165) is 0 Å². The number of aryl methyl sites for hydroxylation is 1. The van der Waals surface area contributed by atoms with Gasteiger partial charge in [0.1, 0.15) is 6.10 Å². The highest BCUT2D eigenvalue weighted by molar-refractivity contribution is 5.89. The molecule has 1 aromatic rings. The minimum atomic E-state index is -1.24. The van der Waals surface area contributed by atoms with E-state index < -0.39 is 18.0 Å². The van der Waals surface area contributed by atoms with Gasteiger partial charge in [0.25, 0.3) is 0 Å². The zero-order valence-electron chi connectivity index (χ0n) is 12.4. The summed E-state index contributed by atoms with van der Waals surface area (Å²) >= 11 is 0. The highest BCUT2D eigenvalue weighted by atomic mass is 16.6. The van der Waals surface area contributed by atoms with Crippen LogP contribution >= 0.6 is 0 Å². The van der Waals surface area contributed by atoms with E-state index >= 15 is 0 Å². The highest BCUT2D eigenvalue weighted by Crippen LogP contribution is 2.35. The topological polar surface area (TPSA) is 82.1 Å². The number of esters is 2. The van der Waals surface area contributed by atoms with Crippen molar-refractivity contribution in [3.05, 3.63) is 35.4 Å². The van der Waals surface area contributed by atoms with Gasteiger partial charge in [0, 0.05) is 6.92 Å². The van der Waals surface area contributed by atoms with Crippen LogP contribution in [-0.4, -0.2) is 31.3 Å². The Balaban J connectivity index is 3.22. The van der Waals surface area contributed by atoms with Crippen LogP contribution in [0, 0.1) is 6.92 Å². The SMILES string of the molecule is C=C(C(=O)OC)C(O)c1cc(C)c(OC(C)=O)c(OC)c1. The lowest BCUT2D eigenvalue weighted by Gasteiger charge is -2.17. The lowest BCUT2D eigenvalue weighted by Crippen LogP contribution is -2.13. The number of hydrogen-bond donors (Lipinski definition) is 1.